The summed E-state index contributed by atoms with van der Waals surface area (Å²) in [4.78, 5) is 48.2. The van der Waals surface area contributed by atoms with Gasteiger partial charge in [0.25, 0.3) is 0 Å². The Morgan fingerprint density at radius 2 is 1.40 bits per heavy atom. The first-order chi connectivity index (χ1) is 20.5. The van der Waals surface area contributed by atoms with Gasteiger partial charge in [0.15, 0.2) is 0 Å². The summed E-state index contributed by atoms with van der Waals surface area (Å²) < 4.78 is 10.6. The molecule has 0 radical (unpaired) electrons. The third kappa shape index (κ3) is 10.6. The zero-order valence-electron chi connectivity index (χ0n) is 25.2. The number of nitrogens with one attached hydrogen (secondary N) is 3. The third-order valence-corrected chi connectivity index (χ3v) is 7.10. The number of hydrogen-bond acceptors (Lipinski definition) is 7. The molecule has 3 amide bonds. The van der Waals surface area contributed by atoms with Crippen LogP contribution < -0.4 is 21.7 Å². The lowest BCUT2D eigenvalue weighted by molar-refractivity contribution is -0.139. The molecule has 11 heteroatoms. The lowest BCUT2D eigenvalue weighted by atomic mass is 9.98. The van der Waals surface area contributed by atoms with Gasteiger partial charge in [0.05, 0.1) is 6.04 Å². The second-order valence-electron chi connectivity index (χ2n) is 11.7. The molecular weight excluding hydrogens is 552 g/mol. The Hall–Kier alpha value is -4.12. The van der Waals surface area contributed by atoms with Crippen LogP contribution in [-0.4, -0.2) is 66.6 Å². The van der Waals surface area contributed by atoms with Gasteiger partial charge in [0.2, 0.25) is 5.91 Å². The van der Waals surface area contributed by atoms with Crippen molar-refractivity contribution in [2.75, 3.05) is 19.7 Å². The fourth-order valence-electron chi connectivity index (χ4n) is 4.98. The maximum atomic E-state index is 12.5. The highest BCUT2D eigenvalue weighted by molar-refractivity contribution is 5.82. The van der Waals surface area contributed by atoms with Gasteiger partial charge in [0, 0.05) is 19.0 Å². The molecular formula is C32H44N4O7. The number of fused-ring (bicyclic) bond motifs is 3. The van der Waals surface area contributed by atoms with Crippen molar-refractivity contribution in [3.8, 4) is 11.1 Å². The topological polar surface area (TPSA) is 169 Å². The Kier molecular flexibility index (Phi) is 12.4. The van der Waals surface area contributed by atoms with E-state index in [0.717, 1.165) is 22.3 Å². The largest absolute Gasteiger partial charge is 0.480 e. The fourth-order valence-corrected chi connectivity index (χ4v) is 4.98. The minimum atomic E-state index is -1.15. The zero-order valence-corrected chi connectivity index (χ0v) is 25.2. The highest BCUT2D eigenvalue weighted by Gasteiger charge is 2.29. The smallest absolute Gasteiger partial charge is 0.407 e. The molecule has 2 aromatic rings. The SMILES string of the molecule is CC(C)(C)OC(=O)NCCCCC(N)C(=O)NCCCCC(NC(=O)OCC1c2ccccc2-c2ccccc21)C(=O)O. The molecule has 11 nitrogen and oxygen atoms in total. The summed E-state index contributed by atoms with van der Waals surface area (Å²) in [6, 6.07) is 14.2. The molecule has 0 fully saturated rings. The molecule has 0 saturated heterocycles. The van der Waals surface area contributed by atoms with E-state index < -0.39 is 35.8 Å². The van der Waals surface area contributed by atoms with Crippen molar-refractivity contribution in [1.82, 2.24) is 16.0 Å². The van der Waals surface area contributed by atoms with Crippen LogP contribution in [0.5, 0.6) is 0 Å². The summed E-state index contributed by atoms with van der Waals surface area (Å²) in [7, 11) is 0. The highest BCUT2D eigenvalue weighted by Crippen LogP contribution is 2.44. The monoisotopic (exact) mass is 596 g/mol. The van der Waals surface area contributed by atoms with Crippen LogP contribution in [0.15, 0.2) is 48.5 Å². The predicted octanol–water partition coefficient (Wildman–Crippen LogP) is 4.29. The maximum Gasteiger partial charge on any atom is 0.407 e. The molecule has 2 atom stereocenters. The molecule has 0 bridgehead atoms. The first-order valence-corrected chi connectivity index (χ1v) is 14.8. The summed E-state index contributed by atoms with van der Waals surface area (Å²) >= 11 is 0. The summed E-state index contributed by atoms with van der Waals surface area (Å²) in [6.45, 7) is 6.23. The van der Waals surface area contributed by atoms with E-state index in [1.807, 2.05) is 48.5 Å². The molecule has 2 unspecified atom stereocenters. The standard InChI is InChI=1S/C32H44N4O7/c1-32(2,3)43-30(40)35-19-10-8-16-26(33)28(37)34-18-11-9-17-27(29(38)39)36-31(41)42-20-25-23-14-6-4-12-21(23)22-13-5-7-15-24(22)25/h4-7,12-15,25-27H,8-11,16-20,33H2,1-3H3,(H,34,37)(H,35,40)(H,36,41)(H,38,39). The van der Waals surface area contributed by atoms with Crippen LogP contribution in [0.2, 0.25) is 0 Å². The Bertz CT molecular complexity index is 1210. The van der Waals surface area contributed by atoms with Gasteiger partial charge in [-0.2, -0.15) is 0 Å². The number of carbonyl (C=O) groups excluding carboxylic acids is 3. The first-order valence-electron chi connectivity index (χ1n) is 14.8. The minimum Gasteiger partial charge on any atom is -0.480 e. The number of carbonyl (C=O) groups is 4. The van der Waals surface area contributed by atoms with Gasteiger partial charge in [0.1, 0.15) is 18.2 Å². The van der Waals surface area contributed by atoms with Gasteiger partial charge in [-0.3, -0.25) is 4.79 Å². The molecule has 0 aliphatic heterocycles. The van der Waals surface area contributed by atoms with E-state index in [-0.39, 0.29) is 24.9 Å². The van der Waals surface area contributed by atoms with E-state index in [1.165, 1.54) is 0 Å². The molecule has 3 rings (SSSR count). The fraction of sp³-hybridized carbons (Fsp3) is 0.500. The molecule has 0 saturated carbocycles. The summed E-state index contributed by atoms with van der Waals surface area (Å²) in [6.07, 6.45) is 1.70. The number of amides is 3. The van der Waals surface area contributed by atoms with Gasteiger partial charge in [-0.25, -0.2) is 14.4 Å². The van der Waals surface area contributed by atoms with E-state index in [1.54, 1.807) is 20.8 Å². The second-order valence-corrected chi connectivity index (χ2v) is 11.7. The number of carboxylic acid groups (broad SMARTS) is 1. The molecule has 6 N–H and O–H groups in total. The van der Waals surface area contributed by atoms with Gasteiger partial charge >= 0.3 is 18.2 Å². The van der Waals surface area contributed by atoms with Crippen molar-refractivity contribution < 1.29 is 33.8 Å². The van der Waals surface area contributed by atoms with Crippen molar-refractivity contribution >= 4 is 24.1 Å². The van der Waals surface area contributed by atoms with Crippen LogP contribution in [0, 0.1) is 0 Å². The Morgan fingerprint density at radius 1 is 0.837 bits per heavy atom. The van der Waals surface area contributed by atoms with Crippen LogP contribution in [0.4, 0.5) is 9.59 Å². The Labute approximate surface area is 252 Å². The minimum absolute atomic E-state index is 0.0960. The Morgan fingerprint density at radius 3 is 1.98 bits per heavy atom. The maximum absolute atomic E-state index is 12.5. The van der Waals surface area contributed by atoms with Crippen LogP contribution >= 0.6 is 0 Å². The molecule has 1 aliphatic rings. The molecule has 0 spiro atoms. The highest BCUT2D eigenvalue weighted by atomic mass is 16.6. The van der Waals surface area contributed by atoms with Gasteiger partial charge < -0.3 is 36.3 Å². The Balaban J connectivity index is 1.31. The number of unbranched alkanes of at least 4 members (excludes halogenated alkanes) is 2. The van der Waals surface area contributed by atoms with Gasteiger partial charge in [-0.15, -0.1) is 0 Å². The average molecular weight is 597 g/mol. The number of alkyl carbamates (subject to hydrolysis) is 2. The quantitative estimate of drug-likeness (QED) is 0.190. The third-order valence-electron chi connectivity index (χ3n) is 7.10. The summed E-state index contributed by atoms with van der Waals surface area (Å²) in [5.41, 5.74) is 9.77. The van der Waals surface area contributed by atoms with E-state index >= 15 is 0 Å². The first kappa shape index (κ1) is 33.4. The summed E-state index contributed by atoms with van der Waals surface area (Å²) in [5, 5.41) is 17.5. The van der Waals surface area contributed by atoms with E-state index in [2.05, 4.69) is 16.0 Å². The zero-order chi connectivity index (χ0) is 31.4. The lowest BCUT2D eigenvalue weighted by Gasteiger charge is -2.19. The number of benzene rings is 2. The summed E-state index contributed by atoms with van der Waals surface area (Å²) in [5.74, 6) is -1.56. The predicted molar refractivity (Wildman–Crippen MR) is 163 cm³/mol. The van der Waals surface area contributed by atoms with Crippen molar-refractivity contribution in [3.63, 3.8) is 0 Å². The molecule has 0 heterocycles. The van der Waals surface area contributed by atoms with Crippen LogP contribution in [0.25, 0.3) is 11.1 Å². The van der Waals surface area contributed by atoms with Crippen LogP contribution in [0.3, 0.4) is 0 Å². The second kappa shape index (κ2) is 15.9. The van der Waals surface area contributed by atoms with Gasteiger partial charge in [-0.1, -0.05) is 48.5 Å². The lowest BCUT2D eigenvalue weighted by Crippen LogP contribution is -2.42. The number of rotatable bonds is 15. The molecule has 234 valence electrons. The van der Waals surface area contributed by atoms with E-state index in [4.69, 9.17) is 15.2 Å². The van der Waals surface area contributed by atoms with E-state index in [9.17, 15) is 24.3 Å². The number of carboxylic acids is 1. The van der Waals surface area contributed by atoms with Crippen molar-refractivity contribution in [2.45, 2.75) is 82.9 Å². The van der Waals surface area contributed by atoms with Crippen LogP contribution in [0.1, 0.15) is 76.3 Å². The van der Waals surface area contributed by atoms with Crippen molar-refractivity contribution in [1.29, 1.82) is 0 Å². The molecule has 1 aliphatic carbocycles. The van der Waals surface area contributed by atoms with E-state index in [0.29, 0.717) is 45.2 Å². The van der Waals surface area contributed by atoms with Crippen LogP contribution in [-0.2, 0) is 19.1 Å². The van der Waals surface area contributed by atoms with Crippen molar-refractivity contribution in [2.24, 2.45) is 5.73 Å². The number of hydrogen-bond donors (Lipinski definition) is 5. The molecule has 2 aromatic carbocycles. The van der Waals surface area contributed by atoms with Gasteiger partial charge in [-0.05, 0) is 81.5 Å². The average Bonchev–Trinajstić information content (AvgIpc) is 3.27. The number of aliphatic carboxylic acids is 1. The molecule has 43 heavy (non-hydrogen) atoms. The van der Waals surface area contributed by atoms with Crippen molar-refractivity contribution in [3.05, 3.63) is 59.7 Å². The normalized spacial score (nSPS) is 13.7. The number of ether oxygens (including phenoxy) is 2. The number of nitrogens with two attached hydrogens (primary N) is 1. The molecule has 0 aromatic heterocycles.